The van der Waals surface area contributed by atoms with Crippen LogP contribution < -0.4 is 0 Å². The zero-order chi connectivity index (χ0) is 24.9. The topological polar surface area (TPSA) is 38.7 Å². The number of rotatable bonds is 6. The van der Waals surface area contributed by atoms with Crippen LogP contribution in [-0.2, 0) is 9.47 Å². The van der Waals surface area contributed by atoms with Gasteiger partial charge in [-0.25, -0.2) is 0 Å². The zero-order valence-electron chi connectivity index (χ0n) is 23.5. The van der Waals surface area contributed by atoms with E-state index in [2.05, 4.69) is 75.3 Å². The molecule has 3 aliphatic carbocycles. The average Bonchev–Trinajstić information content (AvgIpc) is 2.66. The van der Waals surface area contributed by atoms with Gasteiger partial charge in [-0.15, -0.1) is 0 Å². The second-order valence-electron chi connectivity index (χ2n) is 14.1. The lowest BCUT2D eigenvalue weighted by Crippen LogP contribution is -2.57. The third-order valence-corrected chi connectivity index (χ3v) is 9.83. The van der Waals surface area contributed by atoms with Gasteiger partial charge in [0.25, 0.3) is 0 Å². The molecule has 0 aromatic carbocycles. The first kappa shape index (κ1) is 27.2. The molecule has 0 radical (unpaired) electrons. The molecule has 0 aromatic rings. The fourth-order valence-electron chi connectivity index (χ4n) is 8.24. The first-order valence-corrected chi connectivity index (χ1v) is 13.8. The second-order valence-corrected chi connectivity index (χ2v) is 14.1. The van der Waals surface area contributed by atoms with E-state index in [-0.39, 0.29) is 40.2 Å². The maximum absolute atomic E-state index is 10.2. The molecule has 2 fully saturated rings. The van der Waals surface area contributed by atoms with Crippen molar-refractivity contribution in [1.82, 2.24) is 0 Å². The lowest BCUT2D eigenvalue weighted by molar-refractivity contribution is -0.157. The fourth-order valence-corrected chi connectivity index (χ4v) is 8.24. The molecule has 2 saturated carbocycles. The molecule has 3 aliphatic rings. The molecule has 0 aliphatic heterocycles. The lowest BCUT2D eigenvalue weighted by Gasteiger charge is -2.64. The minimum atomic E-state index is -0.120. The van der Waals surface area contributed by atoms with E-state index in [4.69, 9.17) is 9.47 Å². The Morgan fingerprint density at radius 1 is 1.06 bits per heavy atom. The van der Waals surface area contributed by atoms with Crippen LogP contribution in [0.3, 0.4) is 0 Å². The molecule has 0 saturated heterocycles. The molecule has 0 aromatic heterocycles. The highest BCUT2D eigenvalue weighted by Gasteiger charge is 2.60. The Morgan fingerprint density at radius 3 is 2.27 bits per heavy atom. The SMILES string of the molecule is CCC1C2CCC3(CCO)CC(OC(C)(C)C)CCC3(C)C2=CCC1(C)C(C)OC(C)(C)C. The predicted octanol–water partition coefficient (Wildman–Crippen LogP) is 7.71. The van der Waals surface area contributed by atoms with Gasteiger partial charge in [-0.05, 0) is 116 Å². The number of hydrogen-bond acceptors (Lipinski definition) is 3. The molecule has 0 heterocycles. The van der Waals surface area contributed by atoms with Crippen LogP contribution in [0.4, 0.5) is 0 Å². The van der Waals surface area contributed by atoms with Gasteiger partial charge in [0.2, 0.25) is 0 Å². The molecule has 3 heteroatoms. The summed E-state index contributed by atoms with van der Waals surface area (Å²) in [6.07, 6.45) is 12.2. The largest absolute Gasteiger partial charge is 0.396 e. The molecule has 7 atom stereocenters. The van der Waals surface area contributed by atoms with Crippen molar-refractivity contribution in [1.29, 1.82) is 0 Å². The van der Waals surface area contributed by atoms with Crippen LogP contribution in [0, 0.1) is 28.1 Å². The fraction of sp³-hybridized carbons (Fsp3) is 0.933. The standard InChI is InChI=1S/C30H54O3/c1-11-24-23-13-17-30(18-19-31)20-22(33-27(6,7)8)12-16-29(30,10)25(23)14-15-28(24,9)21(2)32-26(3,4)5/h14,21-24,31H,11-13,15-20H2,1-10H3. The van der Waals surface area contributed by atoms with Crippen molar-refractivity contribution in [2.75, 3.05) is 6.61 Å². The Morgan fingerprint density at radius 2 is 1.73 bits per heavy atom. The summed E-state index contributed by atoms with van der Waals surface area (Å²) in [4.78, 5) is 0. The van der Waals surface area contributed by atoms with Gasteiger partial charge in [0.15, 0.2) is 0 Å². The van der Waals surface area contributed by atoms with E-state index >= 15 is 0 Å². The average molecular weight is 463 g/mol. The summed E-state index contributed by atoms with van der Waals surface area (Å²) in [7, 11) is 0. The maximum atomic E-state index is 10.2. The van der Waals surface area contributed by atoms with E-state index in [0.717, 1.165) is 25.7 Å². The summed E-state index contributed by atoms with van der Waals surface area (Å²) < 4.78 is 13.1. The van der Waals surface area contributed by atoms with Crippen molar-refractivity contribution in [2.24, 2.45) is 28.1 Å². The summed E-state index contributed by atoms with van der Waals surface area (Å²) >= 11 is 0. The molecule has 33 heavy (non-hydrogen) atoms. The highest BCUT2D eigenvalue weighted by atomic mass is 16.5. The maximum Gasteiger partial charge on any atom is 0.0613 e. The van der Waals surface area contributed by atoms with Crippen LogP contribution in [0.5, 0.6) is 0 Å². The molecular weight excluding hydrogens is 408 g/mol. The number of aliphatic hydroxyl groups excluding tert-OH is 1. The monoisotopic (exact) mass is 462 g/mol. The number of aliphatic hydroxyl groups is 1. The van der Waals surface area contributed by atoms with Crippen molar-refractivity contribution in [2.45, 2.75) is 144 Å². The van der Waals surface area contributed by atoms with Crippen LogP contribution >= 0.6 is 0 Å². The van der Waals surface area contributed by atoms with Gasteiger partial charge in [0.1, 0.15) is 0 Å². The first-order valence-electron chi connectivity index (χ1n) is 13.8. The minimum absolute atomic E-state index is 0.113. The van der Waals surface area contributed by atoms with E-state index in [1.165, 1.54) is 25.7 Å². The summed E-state index contributed by atoms with van der Waals surface area (Å²) in [5.41, 5.74) is 1.96. The molecule has 192 valence electrons. The summed E-state index contributed by atoms with van der Waals surface area (Å²) in [5.74, 6) is 1.28. The molecule has 3 nitrogen and oxygen atoms in total. The van der Waals surface area contributed by atoms with Crippen LogP contribution in [0.15, 0.2) is 11.6 Å². The summed E-state index contributed by atoms with van der Waals surface area (Å²) in [5, 5.41) is 10.2. The number of allylic oxidation sites excluding steroid dienone is 2. The normalized spacial score (nSPS) is 40.6. The minimum Gasteiger partial charge on any atom is -0.396 e. The molecule has 1 N–H and O–H groups in total. The van der Waals surface area contributed by atoms with Gasteiger partial charge < -0.3 is 14.6 Å². The van der Waals surface area contributed by atoms with Crippen LogP contribution in [0.1, 0.15) is 121 Å². The molecule has 0 spiro atoms. The van der Waals surface area contributed by atoms with Crippen molar-refractivity contribution < 1.29 is 14.6 Å². The lowest BCUT2D eigenvalue weighted by atomic mass is 9.42. The van der Waals surface area contributed by atoms with Gasteiger partial charge >= 0.3 is 0 Å². The van der Waals surface area contributed by atoms with E-state index < -0.39 is 0 Å². The van der Waals surface area contributed by atoms with E-state index in [1.54, 1.807) is 5.57 Å². The van der Waals surface area contributed by atoms with Crippen molar-refractivity contribution in [3.05, 3.63) is 11.6 Å². The third kappa shape index (κ3) is 5.12. The molecular formula is C30H54O3. The summed E-state index contributed by atoms with van der Waals surface area (Å²) in [6, 6.07) is 0. The Hall–Kier alpha value is -0.380. The number of ether oxygens (including phenoxy) is 2. The van der Waals surface area contributed by atoms with Crippen molar-refractivity contribution in [3.8, 4) is 0 Å². The van der Waals surface area contributed by atoms with Gasteiger partial charge in [-0.1, -0.05) is 38.8 Å². The Kier molecular flexibility index (Phi) is 7.63. The van der Waals surface area contributed by atoms with E-state index in [1.807, 2.05) is 0 Å². The molecule has 0 amide bonds. The molecule has 7 unspecified atom stereocenters. The second kappa shape index (κ2) is 9.25. The summed E-state index contributed by atoms with van der Waals surface area (Å²) in [6.45, 7) is 23.1. The smallest absolute Gasteiger partial charge is 0.0613 e. The Bertz CT molecular complexity index is 713. The van der Waals surface area contributed by atoms with E-state index in [0.29, 0.717) is 17.9 Å². The zero-order valence-corrected chi connectivity index (χ0v) is 23.5. The van der Waals surface area contributed by atoms with Gasteiger partial charge in [0.05, 0.1) is 23.4 Å². The van der Waals surface area contributed by atoms with E-state index in [9.17, 15) is 5.11 Å². The number of hydrogen-bond donors (Lipinski definition) is 1. The third-order valence-electron chi connectivity index (χ3n) is 9.83. The van der Waals surface area contributed by atoms with Crippen molar-refractivity contribution in [3.63, 3.8) is 0 Å². The predicted molar refractivity (Wildman–Crippen MR) is 138 cm³/mol. The molecule has 3 rings (SSSR count). The first-order chi connectivity index (χ1) is 15.1. The highest BCUT2D eigenvalue weighted by Crippen LogP contribution is 2.68. The van der Waals surface area contributed by atoms with Gasteiger partial charge in [-0.2, -0.15) is 0 Å². The van der Waals surface area contributed by atoms with Crippen LogP contribution in [0.25, 0.3) is 0 Å². The quantitative estimate of drug-likeness (QED) is 0.411. The van der Waals surface area contributed by atoms with Crippen molar-refractivity contribution >= 4 is 0 Å². The highest BCUT2D eigenvalue weighted by molar-refractivity contribution is 5.31. The van der Waals surface area contributed by atoms with Crippen LogP contribution in [0.2, 0.25) is 0 Å². The Balaban J connectivity index is 1.96. The van der Waals surface area contributed by atoms with Crippen LogP contribution in [-0.4, -0.2) is 35.1 Å². The molecule has 0 bridgehead atoms. The Labute approximate surface area is 205 Å². The van der Waals surface area contributed by atoms with Gasteiger partial charge in [0, 0.05) is 12.0 Å². The number of fused-ring (bicyclic) bond motifs is 3. The van der Waals surface area contributed by atoms with Gasteiger partial charge in [-0.3, -0.25) is 0 Å².